The number of carbonyl (C=O) groups excluding carboxylic acids is 1. The Labute approximate surface area is 163 Å². The molecule has 2 heterocycles. The molecular weight excluding hydrogens is 387 g/mol. The predicted octanol–water partition coefficient (Wildman–Crippen LogP) is 3.22. The van der Waals surface area contributed by atoms with E-state index in [0.717, 1.165) is 31.6 Å². The summed E-state index contributed by atoms with van der Waals surface area (Å²) < 4.78 is 32.2. The van der Waals surface area contributed by atoms with Crippen LogP contribution in [0.5, 0.6) is 0 Å². The molecule has 26 heavy (non-hydrogen) atoms. The monoisotopic (exact) mass is 407 g/mol. The number of likely N-dealkylation sites (N-methyl/N-ethyl adjacent to an activating group) is 1. The lowest BCUT2D eigenvalue weighted by molar-refractivity contribution is -0.131. The van der Waals surface area contributed by atoms with E-state index in [1.807, 2.05) is 0 Å². The van der Waals surface area contributed by atoms with Crippen LogP contribution in [0.2, 0.25) is 0 Å². The first-order valence-electron chi connectivity index (χ1n) is 7.91. The highest BCUT2D eigenvalue weighted by Crippen LogP contribution is 2.24. The number of halogens is 4. The van der Waals surface area contributed by atoms with Crippen LogP contribution in [0.25, 0.3) is 11.3 Å². The highest BCUT2D eigenvalue weighted by molar-refractivity contribution is 5.85. The van der Waals surface area contributed by atoms with Crippen LogP contribution >= 0.6 is 24.8 Å². The normalized spacial score (nSPS) is 15.9. The highest BCUT2D eigenvalue weighted by Gasteiger charge is 2.23. The van der Waals surface area contributed by atoms with E-state index in [4.69, 9.17) is 4.42 Å². The van der Waals surface area contributed by atoms with Crippen LogP contribution in [0.4, 0.5) is 8.78 Å². The molecule has 1 amide bonds. The van der Waals surface area contributed by atoms with Gasteiger partial charge in [0.1, 0.15) is 11.6 Å². The third-order valence-electron chi connectivity index (χ3n) is 4.28. The molecule has 0 saturated carbocycles. The minimum absolute atomic E-state index is 0. The second kappa shape index (κ2) is 9.85. The Hall–Kier alpha value is -1.70. The number of carbonyl (C=O) groups is 1. The maximum absolute atomic E-state index is 13.7. The van der Waals surface area contributed by atoms with Crippen molar-refractivity contribution in [2.75, 3.05) is 20.1 Å². The molecule has 0 spiro atoms. The lowest BCUT2D eigenvalue weighted by atomic mass is 10.2. The van der Waals surface area contributed by atoms with Crippen molar-refractivity contribution < 1.29 is 18.0 Å². The van der Waals surface area contributed by atoms with Gasteiger partial charge >= 0.3 is 0 Å². The zero-order valence-electron chi connectivity index (χ0n) is 14.2. The molecule has 5 nitrogen and oxygen atoms in total. The first-order valence-corrected chi connectivity index (χ1v) is 7.91. The number of benzene rings is 1. The van der Waals surface area contributed by atoms with E-state index in [2.05, 4.69) is 10.3 Å². The number of hydrogen-bond acceptors (Lipinski definition) is 4. The molecule has 1 unspecified atom stereocenters. The fourth-order valence-corrected chi connectivity index (χ4v) is 2.80. The molecule has 1 saturated heterocycles. The quantitative estimate of drug-likeness (QED) is 0.826. The van der Waals surface area contributed by atoms with Gasteiger partial charge in [-0.3, -0.25) is 4.79 Å². The Kier molecular flexibility index (Phi) is 8.46. The third-order valence-corrected chi connectivity index (χ3v) is 4.28. The summed E-state index contributed by atoms with van der Waals surface area (Å²) in [5.41, 5.74) is 0.149. The number of nitrogens with one attached hydrogen (secondary N) is 1. The number of aromatic nitrogens is 1. The summed E-state index contributed by atoms with van der Waals surface area (Å²) in [6.45, 7) is 1.74. The SMILES string of the molecule is CN(C(=O)CCc1ncc(-c2ccc(F)cc2F)o1)C1CCNC1.Cl.Cl. The average molecular weight is 408 g/mol. The fourth-order valence-electron chi connectivity index (χ4n) is 2.80. The predicted molar refractivity (Wildman–Crippen MR) is 98.7 cm³/mol. The summed E-state index contributed by atoms with van der Waals surface area (Å²) in [4.78, 5) is 18.0. The van der Waals surface area contributed by atoms with E-state index in [1.165, 1.54) is 12.3 Å². The van der Waals surface area contributed by atoms with Gasteiger partial charge in [0.25, 0.3) is 0 Å². The summed E-state index contributed by atoms with van der Waals surface area (Å²) in [6, 6.07) is 3.49. The van der Waals surface area contributed by atoms with E-state index in [1.54, 1.807) is 11.9 Å². The molecule has 1 N–H and O–H groups in total. The van der Waals surface area contributed by atoms with Gasteiger partial charge in [-0.15, -0.1) is 24.8 Å². The Morgan fingerprint density at radius 3 is 2.81 bits per heavy atom. The van der Waals surface area contributed by atoms with Gasteiger partial charge in [0.15, 0.2) is 11.7 Å². The molecule has 3 rings (SSSR count). The van der Waals surface area contributed by atoms with Crippen LogP contribution < -0.4 is 5.32 Å². The molecule has 9 heteroatoms. The molecule has 0 radical (unpaired) electrons. The first kappa shape index (κ1) is 22.3. The summed E-state index contributed by atoms with van der Waals surface area (Å²) in [6.07, 6.45) is 2.96. The van der Waals surface area contributed by atoms with Crippen LogP contribution in [-0.2, 0) is 11.2 Å². The Morgan fingerprint density at radius 1 is 1.38 bits per heavy atom. The molecule has 0 bridgehead atoms. The van der Waals surface area contributed by atoms with Gasteiger partial charge in [-0.25, -0.2) is 13.8 Å². The number of rotatable bonds is 5. The minimum atomic E-state index is -0.706. The van der Waals surface area contributed by atoms with Gasteiger partial charge in [-0.05, 0) is 25.1 Å². The first-order chi connectivity index (χ1) is 11.5. The number of hydrogen-bond donors (Lipinski definition) is 1. The van der Waals surface area contributed by atoms with Crippen molar-refractivity contribution in [3.63, 3.8) is 0 Å². The van der Waals surface area contributed by atoms with Crippen molar-refractivity contribution in [2.24, 2.45) is 0 Å². The van der Waals surface area contributed by atoms with Crippen molar-refractivity contribution in [3.05, 3.63) is 41.9 Å². The van der Waals surface area contributed by atoms with Gasteiger partial charge in [0.2, 0.25) is 5.91 Å². The van der Waals surface area contributed by atoms with Crippen LogP contribution in [-0.4, -0.2) is 42.0 Å². The van der Waals surface area contributed by atoms with Gasteiger partial charge in [0.05, 0.1) is 11.8 Å². The molecule has 144 valence electrons. The molecule has 0 aliphatic carbocycles. The molecule has 1 atom stereocenters. The third kappa shape index (κ3) is 5.16. The standard InChI is InChI=1S/C17H19F2N3O2.2ClH/c1-22(12-6-7-20-9-12)17(23)5-4-16-21-10-15(24-16)13-3-2-11(18)8-14(13)19;;/h2-3,8,10,12,20H,4-7,9H2,1H3;2*1H. The van der Waals surface area contributed by atoms with Gasteiger partial charge in [-0.2, -0.15) is 0 Å². The second-order valence-electron chi connectivity index (χ2n) is 5.89. The van der Waals surface area contributed by atoms with E-state index >= 15 is 0 Å². The number of aryl methyl sites for hydroxylation is 1. The number of nitrogens with zero attached hydrogens (tertiary/aromatic N) is 2. The second-order valence-corrected chi connectivity index (χ2v) is 5.89. The zero-order chi connectivity index (χ0) is 17.1. The molecule has 1 aromatic carbocycles. The molecule has 1 aromatic heterocycles. The van der Waals surface area contributed by atoms with Crippen LogP contribution in [0, 0.1) is 11.6 Å². The summed E-state index contributed by atoms with van der Waals surface area (Å²) in [7, 11) is 1.80. The average Bonchev–Trinajstić information content (AvgIpc) is 3.23. The van der Waals surface area contributed by atoms with Gasteiger partial charge in [0, 0.05) is 38.5 Å². The van der Waals surface area contributed by atoms with E-state index < -0.39 is 11.6 Å². The van der Waals surface area contributed by atoms with E-state index in [0.29, 0.717) is 12.3 Å². The topological polar surface area (TPSA) is 58.4 Å². The van der Waals surface area contributed by atoms with Crippen LogP contribution in [0.15, 0.2) is 28.8 Å². The Morgan fingerprint density at radius 2 is 2.15 bits per heavy atom. The largest absolute Gasteiger partial charge is 0.441 e. The van der Waals surface area contributed by atoms with Crippen molar-refractivity contribution in [1.29, 1.82) is 0 Å². The lowest BCUT2D eigenvalue weighted by Crippen LogP contribution is -2.38. The zero-order valence-corrected chi connectivity index (χ0v) is 15.8. The van der Waals surface area contributed by atoms with Crippen LogP contribution in [0.3, 0.4) is 0 Å². The maximum atomic E-state index is 13.7. The minimum Gasteiger partial charge on any atom is -0.441 e. The number of oxazole rings is 1. The Bertz CT molecular complexity index is 737. The fraction of sp³-hybridized carbons (Fsp3) is 0.412. The van der Waals surface area contributed by atoms with Gasteiger partial charge in [-0.1, -0.05) is 0 Å². The molecule has 1 aliphatic heterocycles. The molecule has 1 aliphatic rings. The van der Waals surface area contributed by atoms with Gasteiger partial charge < -0.3 is 14.6 Å². The maximum Gasteiger partial charge on any atom is 0.223 e. The Balaban J connectivity index is 0.00000169. The molecule has 1 fully saturated rings. The van der Waals surface area contributed by atoms with Crippen molar-refractivity contribution in [2.45, 2.75) is 25.3 Å². The smallest absolute Gasteiger partial charge is 0.223 e. The van der Waals surface area contributed by atoms with Crippen molar-refractivity contribution in [3.8, 4) is 11.3 Å². The molecular formula is C17H21Cl2F2N3O2. The summed E-state index contributed by atoms with van der Waals surface area (Å²) >= 11 is 0. The summed E-state index contributed by atoms with van der Waals surface area (Å²) in [5, 5.41) is 3.23. The van der Waals surface area contributed by atoms with Crippen LogP contribution in [0.1, 0.15) is 18.7 Å². The van der Waals surface area contributed by atoms with Crippen molar-refractivity contribution in [1.82, 2.24) is 15.2 Å². The van der Waals surface area contributed by atoms with Crippen molar-refractivity contribution >= 4 is 30.7 Å². The summed E-state index contributed by atoms with van der Waals surface area (Å²) in [5.74, 6) is -0.743. The number of amides is 1. The van der Waals surface area contributed by atoms with E-state index in [-0.39, 0.29) is 54.5 Å². The highest BCUT2D eigenvalue weighted by atomic mass is 35.5. The lowest BCUT2D eigenvalue weighted by Gasteiger charge is -2.23. The van der Waals surface area contributed by atoms with E-state index in [9.17, 15) is 13.6 Å². The molecule has 2 aromatic rings.